The summed E-state index contributed by atoms with van der Waals surface area (Å²) in [6.07, 6.45) is 1.21. The summed E-state index contributed by atoms with van der Waals surface area (Å²) < 4.78 is 10.2. The second kappa shape index (κ2) is 4.41. The summed E-state index contributed by atoms with van der Waals surface area (Å²) in [4.78, 5) is 11.2. The van der Waals surface area contributed by atoms with Crippen molar-refractivity contribution in [1.29, 1.82) is 0 Å². The Morgan fingerprint density at radius 3 is 2.11 bits per heavy atom. The summed E-state index contributed by atoms with van der Waals surface area (Å²) >= 11 is 0. The molecule has 0 amide bonds. The minimum atomic E-state index is -0.695. The fourth-order valence-electron chi connectivity index (χ4n) is 1.93. The zero-order valence-electron chi connectivity index (χ0n) is 12.1. The molecule has 0 saturated carbocycles. The molecule has 3 nitrogen and oxygen atoms in total. The molecule has 0 bridgehead atoms. The molecule has 1 heterocycles. The van der Waals surface area contributed by atoms with Crippen molar-refractivity contribution in [3.63, 3.8) is 0 Å². The summed E-state index contributed by atoms with van der Waals surface area (Å²) in [5.41, 5.74) is 1.70. The molecule has 1 aliphatic heterocycles. The Morgan fingerprint density at radius 2 is 1.68 bits per heavy atom. The van der Waals surface area contributed by atoms with Crippen molar-refractivity contribution in [2.45, 2.75) is 45.6 Å². The van der Waals surface area contributed by atoms with E-state index in [1.54, 1.807) is 0 Å². The first-order chi connectivity index (χ1) is 8.68. The first-order valence-electron chi connectivity index (χ1n) is 6.42. The maximum atomic E-state index is 11.2. The van der Waals surface area contributed by atoms with Crippen LogP contribution in [0.5, 0.6) is 0 Å². The lowest BCUT2D eigenvalue weighted by Gasteiger charge is -2.19. The van der Waals surface area contributed by atoms with Crippen LogP contribution in [0.25, 0.3) is 6.08 Å². The van der Waals surface area contributed by atoms with Gasteiger partial charge in [-0.1, -0.05) is 45.0 Å². The molecule has 0 aromatic heterocycles. The molecule has 3 heteroatoms. The van der Waals surface area contributed by atoms with Gasteiger partial charge in [-0.3, -0.25) is 0 Å². The van der Waals surface area contributed by atoms with Crippen molar-refractivity contribution in [2.75, 3.05) is 0 Å². The SMILES string of the molecule is CC1(C)OC(=O)O/C1=C\c1ccc(C(C)(C)C)cc1. The highest BCUT2D eigenvalue weighted by atomic mass is 16.8. The van der Waals surface area contributed by atoms with Crippen LogP contribution < -0.4 is 0 Å². The van der Waals surface area contributed by atoms with Gasteiger partial charge < -0.3 is 9.47 Å². The number of carbonyl (C=O) groups is 1. The number of rotatable bonds is 1. The number of cyclic esters (lactones) is 2. The third-order valence-electron chi connectivity index (χ3n) is 3.20. The van der Waals surface area contributed by atoms with Crippen molar-refractivity contribution in [3.05, 3.63) is 41.2 Å². The van der Waals surface area contributed by atoms with Crippen LogP contribution in [0.15, 0.2) is 30.0 Å². The molecule has 0 radical (unpaired) electrons. The molecule has 1 aliphatic rings. The third kappa shape index (κ3) is 2.98. The van der Waals surface area contributed by atoms with E-state index >= 15 is 0 Å². The molecular formula is C16H20O3. The van der Waals surface area contributed by atoms with Gasteiger partial charge in [-0.25, -0.2) is 4.79 Å². The van der Waals surface area contributed by atoms with Crippen molar-refractivity contribution >= 4 is 12.2 Å². The Kier molecular flexibility index (Phi) is 3.17. The number of benzene rings is 1. The van der Waals surface area contributed by atoms with Gasteiger partial charge in [0.15, 0.2) is 11.4 Å². The fraction of sp³-hybridized carbons (Fsp3) is 0.438. The zero-order valence-corrected chi connectivity index (χ0v) is 12.1. The van der Waals surface area contributed by atoms with E-state index in [-0.39, 0.29) is 5.41 Å². The van der Waals surface area contributed by atoms with Crippen LogP contribution in [0.2, 0.25) is 0 Å². The number of ether oxygens (including phenoxy) is 2. The standard InChI is InChI=1S/C16H20O3/c1-15(2,3)12-8-6-11(7-9-12)10-13-16(4,5)19-14(17)18-13/h6-10H,1-5H3/b13-10-. The molecule has 2 rings (SSSR count). The molecular weight excluding hydrogens is 240 g/mol. The molecule has 1 fully saturated rings. The lowest BCUT2D eigenvalue weighted by atomic mass is 9.86. The van der Waals surface area contributed by atoms with Gasteiger partial charge in [0.1, 0.15) is 0 Å². The minimum Gasteiger partial charge on any atom is -0.420 e. The van der Waals surface area contributed by atoms with E-state index in [1.165, 1.54) is 5.56 Å². The minimum absolute atomic E-state index is 0.133. The van der Waals surface area contributed by atoms with Crippen LogP contribution in [0.4, 0.5) is 4.79 Å². The summed E-state index contributed by atoms with van der Waals surface area (Å²) in [5.74, 6) is 0.543. The van der Waals surface area contributed by atoms with Crippen LogP contribution in [0, 0.1) is 0 Å². The number of carbonyl (C=O) groups excluding carboxylic acids is 1. The monoisotopic (exact) mass is 260 g/mol. The molecule has 0 N–H and O–H groups in total. The van der Waals surface area contributed by atoms with Crippen LogP contribution in [-0.4, -0.2) is 11.8 Å². The number of hydrogen-bond donors (Lipinski definition) is 0. The number of hydrogen-bond acceptors (Lipinski definition) is 3. The van der Waals surface area contributed by atoms with E-state index in [1.807, 2.05) is 32.1 Å². The lowest BCUT2D eigenvalue weighted by molar-refractivity contribution is 0.0873. The van der Waals surface area contributed by atoms with E-state index in [0.29, 0.717) is 5.76 Å². The molecule has 0 atom stereocenters. The topological polar surface area (TPSA) is 35.5 Å². The Hall–Kier alpha value is -1.77. The van der Waals surface area contributed by atoms with E-state index in [4.69, 9.17) is 9.47 Å². The largest absolute Gasteiger partial charge is 0.514 e. The lowest BCUT2D eigenvalue weighted by Crippen LogP contribution is -2.20. The summed E-state index contributed by atoms with van der Waals surface area (Å²) in [6.45, 7) is 10.2. The predicted molar refractivity (Wildman–Crippen MR) is 74.8 cm³/mol. The zero-order chi connectivity index (χ0) is 14.3. The molecule has 1 aromatic rings. The van der Waals surface area contributed by atoms with Crippen molar-refractivity contribution in [1.82, 2.24) is 0 Å². The van der Waals surface area contributed by atoms with E-state index in [2.05, 4.69) is 32.9 Å². The summed E-state index contributed by atoms with van der Waals surface area (Å²) in [6, 6.07) is 8.24. The summed E-state index contributed by atoms with van der Waals surface area (Å²) in [5, 5.41) is 0. The molecule has 0 spiro atoms. The van der Waals surface area contributed by atoms with Gasteiger partial charge in [-0.15, -0.1) is 0 Å². The van der Waals surface area contributed by atoms with Gasteiger partial charge in [0.05, 0.1) is 0 Å². The maximum absolute atomic E-state index is 11.2. The molecule has 1 aromatic carbocycles. The molecule has 19 heavy (non-hydrogen) atoms. The molecule has 0 aliphatic carbocycles. The van der Waals surface area contributed by atoms with Crippen LogP contribution in [-0.2, 0) is 14.9 Å². The van der Waals surface area contributed by atoms with Gasteiger partial charge in [0.25, 0.3) is 0 Å². The van der Waals surface area contributed by atoms with Crippen LogP contribution in [0.3, 0.4) is 0 Å². The van der Waals surface area contributed by atoms with Crippen LogP contribution >= 0.6 is 0 Å². The van der Waals surface area contributed by atoms with Gasteiger partial charge in [-0.05, 0) is 36.5 Å². The first-order valence-corrected chi connectivity index (χ1v) is 6.42. The van der Waals surface area contributed by atoms with Gasteiger partial charge in [-0.2, -0.15) is 0 Å². The van der Waals surface area contributed by atoms with Gasteiger partial charge in [0.2, 0.25) is 0 Å². The van der Waals surface area contributed by atoms with E-state index in [9.17, 15) is 4.79 Å². The van der Waals surface area contributed by atoms with Crippen molar-refractivity contribution in [3.8, 4) is 0 Å². The predicted octanol–water partition coefficient (Wildman–Crippen LogP) is 4.27. The summed E-state index contributed by atoms with van der Waals surface area (Å²) in [7, 11) is 0. The van der Waals surface area contributed by atoms with Crippen molar-refractivity contribution < 1.29 is 14.3 Å². The Labute approximate surface area is 114 Å². The quantitative estimate of drug-likeness (QED) is 0.707. The second-order valence-electron chi connectivity index (χ2n) is 6.35. The first kappa shape index (κ1) is 13.7. The Morgan fingerprint density at radius 1 is 1.11 bits per heavy atom. The average Bonchev–Trinajstić information content (AvgIpc) is 2.51. The highest BCUT2D eigenvalue weighted by Crippen LogP contribution is 2.31. The highest BCUT2D eigenvalue weighted by molar-refractivity contribution is 5.69. The smallest absolute Gasteiger partial charge is 0.420 e. The van der Waals surface area contributed by atoms with E-state index in [0.717, 1.165) is 5.56 Å². The molecule has 102 valence electrons. The van der Waals surface area contributed by atoms with Gasteiger partial charge in [0, 0.05) is 0 Å². The third-order valence-corrected chi connectivity index (χ3v) is 3.20. The Balaban J connectivity index is 2.27. The second-order valence-corrected chi connectivity index (χ2v) is 6.35. The maximum Gasteiger partial charge on any atom is 0.514 e. The Bertz CT molecular complexity index is 516. The van der Waals surface area contributed by atoms with Gasteiger partial charge >= 0.3 is 6.16 Å². The fourth-order valence-corrected chi connectivity index (χ4v) is 1.93. The van der Waals surface area contributed by atoms with Crippen LogP contribution in [0.1, 0.15) is 45.7 Å². The van der Waals surface area contributed by atoms with E-state index < -0.39 is 11.8 Å². The molecule has 0 unspecified atom stereocenters. The molecule has 1 saturated heterocycles. The van der Waals surface area contributed by atoms with Crippen molar-refractivity contribution in [2.24, 2.45) is 0 Å². The highest BCUT2D eigenvalue weighted by Gasteiger charge is 2.39. The average molecular weight is 260 g/mol. The normalized spacial score (nSPS) is 20.3.